The molecule has 1 heterocycles. The highest BCUT2D eigenvalue weighted by molar-refractivity contribution is 5.98. The molecule has 1 amide bonds. The van der Waals surface area contributed by atoms with Gasteiger partial charge in [-0.15, -0.1) is 12.4 Å². The van der Waals surface area contributed by atoms with Crippen LogP contribution in [0.25, 0.3) is 11.1 Å². The van der Waals surface area contributed by atoms with E-state index in [4.69, 9.17) is 11.5 Å². The molecular weight excluding hydrogens is 344 g/mol. The number of carboxylic acids is 1. The molecule has 0 aromatic heterocycles. The lowest BCUT2D eigenvalue weighted by Crippen LogP contribution is -2.21. The summed E-state index contributed by atoms with van der Waals surface area (Å²) in [4.78, 5) is 26.9. The monoisotopic (exact) mass is 360 g/mol. The molecule has 0 saturated carbocycles. The average Bonchev–Trinajstić information content (AvgIpc) is 2.53. The number of rotatable bonds is 3. The average molecular weight is 361 g/mol. The fraction of sp³-hybridized carbons (Fsp3) is 0.118. The van der Waals surface area contributed by atoms with Gasteiger partial charge in [-0.05, 0) is 53.4 Å². The SMILES string of the molecule is Cl.NC(N)=Nc1ccc(C(=O)O)c(-c2ccc3c(c2)CCC(=O)N3)c1. The molecule has 7 nitrogen and oxygen atoms in total. The number of carboxylic acid groups (broad SMARTS) is 1. The quantitative estimate of drug-likeness (QED) is 0.492. The minimum Gasteiger partial charge on any atom is -0.478 e. The predicted octanol–water partition coefficient (Wildman–Crippen LogP) is 2.26. The highest BCUT2D eigenvalue weighted by Gasteiger charge is 2.18. The molecule has 0 fully saturated rings. The molecule has 0 aliphatic carbocycles. The summed E-state index contributed by atoms with van der Waals surface area (Å²) in [6.45, 7) is 0. The van der Waals surface area contributed by atoms with Gasteiger partial charge < -0.3 is 21.9 Å². The molecule has 0 unspecified atom stereocenters. The molecule has 0 saturated heterocycles. The molecule has 130 valence electrons. The van der Waals surface area contributed by atoms with Crippen LogP contribution in [0.1, 0.15) is 22.3 Å². The van der Waals surface area contributed by atoms with E-state index in [1.807, 2.05) is 6.07 Å². The van der Waals surface area contributed by atoms with Crippen molar-refractivity contribution in [3.05, 3.63) is 47.5 Å². The summed E-state index contributed by atoms with van der Waals surface area (Å²) in [5.41, 5.74) is 14.4. The van der Waals surface area contributed by atoms with Gasteiger partial charge in [-0.2, -0.15) is 0 Å². The summed E-state index contributed by atoms with van der Waals surface area (Å²) in [6.07, 6.45) is 1.03. The number of carbonyl (C=O) groups excluding carboxylic acids is 1. The number of aryl methyl sites for hydroxylation is 1. The highest BCUT2D eigenvalue weighted by atomic mass is 35.5. The molecule has 25 heavy (non-hydrogen) atoms. The number of aromatic carboxylic acids is 1. The molecule has 1 aliphatic heterocycles. The number of nitrogens with one attached hydrogen (secondary N) is 1. The zero-order valence-electron chi connectivity index (χ0n) is 13.2. The topological polar surface area (TPSA) is 131 Å². The molecule has 6 N–H and O–H groups in total. The van der Waals surface area contributed by atoms with Crippen molar-refractivity contribution in [2.45, 2.75) is 12.8 Å². The molecule has 0 atom stereocenters. The second-order valence-corrected chi connectivity index (χ2v) is 5.49. The van der Waals surface area contributed by atoms with E-state index in [9.17, 15) is 14.7 Å². The maximum Gasteiger partial charge on any atom is 0.336 e. The van der Waals surface area contributed by atoms with Crippen LogP contribution in [-0.2, 0) is 11.2 Å². The first-order chi connectivity index (χ1) is 11.4. The van der Waals surface area contributed by atoms with Crippen molar-refractivity contribution in [3.63, 3.8) is 0 Å². The second kappa shape index (κ2) is 7.23. The number of guanidine groups is 1. The largest absolute Gasteiger partial charge is 0.478 e. The van der Waals surface area contributed by atoms with Gasteiger partial charge in [-0.3, -0.25) is 4.79 Å². The lowest BCUT2D eigenvalue weighted by atomic mass is 9.94. The first kappa shape index (κ1) is 18.3. The van der Waals surface area contributed by atoms with Crippen LogP contribution in [0.5, 0.6) is 0 Å². The Hall–Kier alpha value is -3.06. The van der Waals surface area contributed by atoms with Gasteiger partial charge in [0.15, 0.2) is 5.96 Å². The Morgan fingerprint density at radius 3 is 2.56 bits per heavy atom. The van der Waals surface area contributed by atoms with Gasteiger partial charge in [0.05, 0.1) is 11.3 Å². The van der Waals surface area contributed by atoms with Gasteiger partial charge >= 0.3 is 5.97 Å². The number of anilines is 1. The number of nitrogens with two attached hydrogens (primary N) is 2. The van der Waals surface area contributed by atoms with Crippen LogP contribution in [0.15, 0.2) is 41.4 Å². The van der Waals surface area contributed by atoms with Crippen molar-refractivity contribution in [1.82, 2.24) is 0 Å². The molecule has 2 aromatic rings. The zero-order chi connectivity index (χ0) is 17.3. The standard InChI is InChI=1S/C17H16N4O3.ClH/c18-17(19)20-11-3-4-12(16(23)24)13(8-11)9-1-5-14-10(7-9)2-6-15(22)21-14;/h1,3-5,7-8H,2,6H2,(H,21,22)(H,23,24)(H4,18,19,20);1H. The maximum absolute atomic E-state index is 11.5. The number of hydrogen-bond acceptors (Lipinski definition) is 3. The summed E-state index contributed by atoms with van der Waals surface area (Å²) in [6, 6.07) is 10.1. The summed E-state index contributed by atoms with van der Waals surface area (Å²) in [5.74, 6) is -1.15. The Kier molecular flexibility index (Phi) is 5.29. The summed E-state index contributed by atoms with van der Waals surface area (Å²) < 4.78 is 0. The molecule has 0 spiro atoms. The van der Waals surface area contributed by atoms with Crippen molar-refractivity contribution in [3.8, 4) is 11.1 Å². The highest BCUT2D eigenvalue weighted by Crippen LogP contribution is 2.32. The van der Waals surface area contributed by atoms with E-state index in [0.717, 1.165) is 16.8 Å². The lowest BCUT2D eigenvalue weighted by Gasteiger charge is -2.18. The van der Waals surface area contributed by atoms with E-state index >= 15 is 0 Å². The first-order valence-corrected chi connectivity index (χ1v) is 7.34. The van der Waals surface area contributed by atoms with Gasteiger partial charge in [-0.25, -0.2) is 9.79 Å². The minimum atomic E-state index is -1.03. The summed E-state index contributed by atoms with van der Waals surface area (Å²) in [7, 11) is 0. The van der Waals surface area contributed by atoms with Crippen molar-refractivity contribution >= 4 is 41.6 Å². The lowest BCUT2D eigenvalue weighted by molar-refractivity contribution is -0.116. The number of fused-ring (bicyclic) bond motifs is 1. The predicted molar refractivity (Wildman–Crippen MR) is 98.5 cm³/mol. The first-order valence-electron chi connectivity index (χ1n) is 7.34. The smallest absolute Gasteiger partial charge is 0.336 e. The van der Waals surface area contributed by atoms with Crippen LogP contribution >= 0.6 is 12.4 Å². The van der Waals surface area contributed by atoms with E-state index in [1.165, 1.54) is 6.07 Å². The Morgan fingerprint density at radius 2 is 1.88 bits per heavy atom. The molecule has 0 bridgehead atoms. The summed E-state index contributed by atoms with van der Waals surface area (Å²) in [5, 5.41) is 12.2. The molecule has 8 heteroatoms. The third kappa shape index (κ3) is 3.89. The zero-order valence-corrected chi connectivity index (χ0v) is 14.0. The minimum absolute atomic E-state index is 0. The molecule has 1 aliphatic rings. The van der Waals surface area contributed by atoms with Crippen molar-refractivity contribution in [2.75, 3.05) is 5.32 Å². The van der Waals surface area contributed by atoms with Crippen molar-refractivity contribution < 1.29 is 14.7 Å². The Bertz CT molecular complexity index is 876. The molecule has 0 radical (unpaired) electrons. The van der Waals surface area contributed by atoms with Gasteiger partial charge in [0.1, 0.15) is 0 Å². The normalized spacial score (nSPS) is 12.4. The van der Waals surface area contributed by atoms with Gasteiger partial charge in [0, 0.05) is 12.1 Å². The van der Waals surface area contributed by atoms with Crippen LogP contribution in [0.3, 0.4) is 0 Å². The number of benzene rings is 2. The van der Waals surface area contributed by atoms with Crippen LogP contribution in [0, 0.1) is 0 Å². The van der Waals surface area contributed by atoms with E-state index in [2.05, 4.69) is 10.3 Å². The van der Waals surface area contributed by atoms with Crippen LogP contribution in [0.4, 0.5) is 11.4 Å². The number of hydrogen-bond donors (Lipinski definition) is 4. The third-order valence-electron chi connectivity index (χ3n) is 3.80. The molecule has 3 rings (SSSR count). The van der Waals surface area contributed by atoms with Gasteiger partial charge in [0.2, 0.25) is 5.91 Å². The van der Waals surface area contributed by atoms with Crippen LogP contribution in [0.2, 0.25) is 0 Å². The van der Waals surface area contributed by atoms with E-state index in [1.54, 1.807) is 24.3 Å². The maximum atomic E-state index is 11.5. The van der Waals surface area contributed by atoms with Crippen LogP contribution in [-0.4, -0.2) is 22.9 Å². The third-order valence-corrected chi connectivity index (χ3v) is 3.80. The van der Waals surface area contributed by atoms with Crippen molar-refractivity contribution in [1.29, 1.82) is 0 Å². The Balaban J connectivity index is 0.00000225. The second-order valence-electron chi connectivity index (χ2n) is 5.49. The number of nitrogens with zero attached hydrogens (tertiary/aromatic N) is 1. The van der Waals surface area contributed by atoms with E-state index < -0.39 is 5.97 Å². The van der Waals surface area contributed by atoms with Crippen LogP contribution < -0.4 is 16.8 Å². The molecular formula is C17H17ClN4O3. The fourth-order valence-electron chi connectivity index (χ4n) is 2.73. The number of aliphatic imine (C=N–C) groups is 1. The Morgan fingerprint density at radius 1 is 1.12 bits per heavy atom. The van der Waals surface area contributed by atoms with E-state index in [0.29, 0.717) is 24.1 Å². The fourth-order valence-corrected chi connectivity index (χ4v) is 2.73. The Labute approximate surface area is 150 Å². The number of amides is 1. The van der Waals surface area contributed by atoms with Gasteiger partial charge in [0.25, 0.3) is 0 Å². The van der Waals surface area contributed by atoms with Gasteiger partial charge in [-0.1, -0.05) is 6.07 Å². The molecule has 2 aromatic carbocycles. The number of carbonyl (C=O) groups is 2. The van der Waals surface area contributed by atoms with E-state index in [-0.39, 0.29) is 29.8 Å². The van der Waals surface area contributed by atoms with Crippen molar-refractivity contribution in [2.24, 2.45) is 16.5 Å². The number of halogens is 1. The summed E-state index contributed by atoms with van der Waals surface area (Å²) >= 11 is 0.